The first kappa shape index (κ1) is 9.25. The minimum absolute atomic E-state index is 0.144. The molecule has 0 aliphatic heterocycles. The number of hydrogen-bond donors (Lipinski definition) is 0. The van der Waals surface area contributed by atoms with Crippen LogP contribution in [0.5, 0.6) is 0 Å². The molecule has 5 heteroatoms. The number of alkyl halides is 1. The number of nitro groups is 1. The zero-order valence-electron chi connectivity index (χ0n) is 6.66. The van der Waals surface area contributed by atoms with E-state index in [0.29, 0.717) is 0 Å². The average molecular weight is 233 g/mol. The molecule has 0 atom stereocenters. The normalized spacial score (nSPS) is 10.2. The molecular weight excluding hydrogens is 224 g/mol. The van der Waals surface area contributed by atoms with E-state index in [4.69, 9.17) is 0 Å². The standard InChI is InChI=1S/C7H9BrN2O2/c1-9-6(4-5-8)2-3-7(9)10(11)12/h2-3H,4-5H2,1H3. The number of aromatic nitrogens is 1. The summed E-state index contributed by atoms with van der Waals surface area (Å²) < 4.78 is 1.60. The lowest BCUT2D eigenvalue weighted by molar-refractivity contribution is -0.391. The third-order valence-corrected chi connectivity index (χ3v) is 2.13. The van der Waals surface area contributed by atoms with Crippen molar-refractivity contribution in [3.63, 3.8) is 0 Å². The molecule has 12 heavy (non-hydrogen) atoms. The lowest BCUT2D eigenvalue weighted by atomic mass is 10.3. The van der Waals surface area contributed by atoms with Gasteiger partial charge in [-0.2, -0.15) is 0 Å². The molecule has 0 radical (unpaired) electrons. The minimum Gasteiger partial charge on any atom is -0.358 e. The van der Waals surface area contributed by atoms with Crippen LogP contribution in [-0.2, 0) is 13.5 Å². The van der Waals surface area contributed by atoms with Gasteiger partial charge in [-0.1, -0.05) is 15.9 Å². The van der Waals surface area contributed by atoms with Crippen molar-refractivity contribution < 1.29 is 4.92 Å². The maximum Gasteiger partial charge on any atom is 0.323 e. The molecule has 0 saturated carbocycles. The van der Waals surface area contributed by atoms with Gasteiger partial charge in [0, 0.05) is 17.8 Å². The summed E-state index contributed by atoms with van der Waals surface area (Å²) in [6.45, 7) is 0. The van der Waals surface area contributed by atoms with E-state index in [1.54, 1.807) is 17.7 Å². The molecule has 0 amide bonds. The largest absolute Gasteiger partial charge is 0.358 e. The Kier molecular flexibility index (Phi) is 2.86. The Balaban J connectivity index is 2.96. The maximum atomic E-state index is 10.4. The molecule has 1 rings (SSSR count). The van der Waals surface area contributed by atoms with Gasteiger partial charge in [-0.05, 0) is 11.0 Å². The Hall–Kier alpha value is -0.840. The van der Waals surface area contributed by atoms with Gasteiger partial charge in [0.25, 0.3) is 0 Å². The zero-order valence-corrected chi connectivity index (χ0v) is 8.24. The summed E-state index contributed by atoms with van der Waals surface area (Å²) in [5, 5.41) is 11.2. The summed E-state index contributed by atoms with van der Waals surface area (Å²) in [7, 11) is 1.70. The number of hydrogen-bond acceptors (Lipinski definition) is 2. The van der Waals surface area contributed by atoms with Crippen LogP contribution in [0.15, 0.2) is 12.1 Å². The van der Waals surface area contributed by atoms with Crippen LogP contribution in [0.4, 0.5) is 5.82 Å². The molecule has 1 aromatic rings. The zero-order chi connectivity index (χ0) is 9.14. The van der Waals surface area contributed by atoms with Gasteiger partial charge in [-0.15, -0.1) is 0 Å². The van der Waals surface area contributed by atoms with Gasteiger partial charge in [-0.25, -0.2) is 4.57 Å². The average Bonchev–Trinajstić information content (AvgIpc) is 2.34. The quantitative estimate of drug-likeness (QED) is 0.454. The van der Waals surface area contributed by atoms with Crippen LogP contribution in [0.3, 0.4) is 0 Å². The number of rotatable bonds is 3. The predicted molar refractivity (Wildman–Crippen MR) is 49.6 cm³/mol. The molecule has 1 heterocycles. The van der Waals surface area contributed by atoms with Gasteiger partial charge in [0.05, 0.1) is 7.05 Å². The highest BCUT2D eigenvalue weighted by Gasteiger charge is 2.12. The third-order valence-electron chi connectivity index (χ3n) is 1.74. The number of nitrogens with zero attached hydrogens (tertiary/aromatic N) is 2. The molecule has 0 saturated heterocycles. The highest BCUT2D eigenvalue weighted by Crippen LogP contribution is 2.15. The molecule has 0 bridgehead atoms. The summed E-state index contributed by atoms with van der Waals surface area (Å²) in [5.74, 6) is 0.144. The van der Waals surface area contributed by atoms with Crippen LogP contribution in [0.25, 0.3) is 0 Å². The van der Waals surface area contributed by atoms with E-state index in [2.05, 4.69) is 15.9 Å². The maximum absolute atomic E-state index is 10.4. The molecule has 0 aliphatic carbocycles. The molecule has 0 aromatic carbocycles. The van der Waals surface area contributed by atoms with Crippen molar-refractivity contribution in [2.75, 3.05) is 5.33 Å². The van der Waals surface area contributed by atoms with E-state index in [1.165, 1.54) is 6.07 Å². The first-order valence-electron chi connectivity index (χ1n) is 3.51. The van der Waals surface area contributed by atoms with E-state index in [9.17, 15) is 10.1 Å². The van der Waals surface area contributed by atoms with Crippen LogP contribution in [0.2, 0.25) is 0 Å². The molecular formula is C7H9BrN2O2. The molecule has 0 spiro atoms. The highest BCUT2D eigenvalue weighted by molar-refractivity contribution is 9.09. The van der Waals surface area contributed by atoms with Crippen molar-refractivity contribution >= 4 is 21.7 Å². The van der Waals surface area contributed by atoms with E-state index >= 15 is 0 Å². The van der Waals surface area contributed by atoms with Crippen LogP contribution < -0.4 is 0 Å². The molecule has 0 N–H and O–H groups in total. The molecule has 0 fully saturated rings. The lowest BCUT2D eigenvalue weighted by Crippen LogP contribution is -2.01. The molecule has 4 nitrogen and oxygen atoms in total. The Labute approximate surface area is 78.5 Å². The van der Waals surface area contributed by atoms with Gasteiger partial charge >= 0.3 is 5.82 Å². The Morgan fingerprint density at radius 1 is 1.67 bits per heavy atom. The summed E-state index contributed by atoms with van der Waals surface area (Å²) in [6.07, 6.45) is 0.810. The van der Waals surface area contributed by atoms with Crippen molar-refractivity contribution in [2.24, 2.45) is 7.05 Å². The van der Waals surface area contributed by atoms with Gasteiger partial charge in [0.2, 0.25) is 0 Å². The summed E-state index contributed by atoms with van der Waals surface area (Å²) in [6, 6.07) is 3.30. The fraction of sp³-hybridized carbons (Fsp3) is 0.429. The number of aryl methyl sites for hydroxylation is 1. The second-order valence-electron chi connectivity index (χ2n) is 2.44. The SMILES string of the molecule is Cn1c(CCBr)ccc1[N+](=O)[O-]. The topological polar surface area (TPSA) is 48.1 Å². The summed E-state index contributed by atoms with van der Waals surface area (Å²) in [4.78, 5) is 10.0. The van der Waals surface area contributed by atoms with Crippen molar-refractivity contribution in [3.8, 4) is 0 Å². The summed E-state index contributed by atoms with van der Waals surface area (Å²) >= 11 is 3.28. The molecule has 0 aliphatic rings. The number of halogens is 1. The second-order valence-corrected chi connectivity index (χ2v) is 3.23. The lowest BCUT2D eigenvalue weighted by Gasteiger charge is -1.97. The van der Waals surface area contributed by atoms with E-state index < -0.39 is 0 Å². The van der Waals surface area contributed by atoms with E-state index in [-0.39, 0.29) is 10.7 Å². The minimum atomic E-state index is -0.377. The first-order chi connectivity index (χ1) is 5.66. The smallest absolute Gasteiger partial charge is 0.323 e. The highest BCUT2D eigenvalue weighted by atomic mass is 79.9. The van der Waals surface area contributed by atoms with Gasteiger partial charge in [0.1, 0.15) is 5.69 Å². The van der Waals surface area contributed by atoms with Crippen LogP contribution in [-0.4, -0.2) is 14.8 Å². The van der Waals surface area contributed by atoms with E-state index in [0.717, 1.165) is 17.4 Å². The molecule has 0 unspecified atom stereocenters. The Bertz CT molecular complexity index is 296. The predicted octanol–water partition coefficient (Wildman–Crippen LogP) is 1.87. The fourth-order valence-electron chi connectivity index (χ4n) is 1.07. The van der Waals surface area contributed by atoms with E-state index in [1.807, 2.05) is 0 Å². The first-order valence-corrected chi connectivity index (χ1v) is 4.64. The molecule has 1 aromatic heterocycles. The van der Waals surface area contributed by atoms with Crippen LogP contribution in [0, 0.1) is 10.1 Å². The third kappa shape index (κ3) is 1.66. The summed E-state index contributed by atoms with van der Waals surface area (Å²) in [5.41, 5.74) is 0.971. The second kappa shape index (κ2) is 3.71. The van der Waals surface area contributed by atoms with Crippen molar-refractivity contribution in [2.45, 2.75) is 6.42 Å². The van der Waals surface area contributed by atoms with Gasteiger partial charge in [0.15, 0.2) is 0 Å². The monoisotopic (exact) mass is 232 g/mol. The molecule has 66 valence electrons. The van der Waals surface area contributed by atoms with Crippen molar-refractivity contribution in [1.82, 2.24) is 4.57 Å². The van der Waals surface area contributed by atoms with Crippen molar-refractivity contribution in [1.29, 1.82) is 0 Å². The van der Waals surface area contributed by atoms with Crippen LogP contribution in [0.1, 0.15) is 5.69 Å². The van der Waals surface area contributed by atoms with Gasteiger partial charge in [-0.3, -0.25) is 0 Å². The van der Waals surface area contributed by atoms with Gasteiger partial charge < -0.3 is 10.1 Å². The van der Waals surface area contributed by atoms with Crippen LogP contribution >= 0.6 is 15.9 Å². The Morgan fingerprint density at radius 2 is 2.33 bits per heavy atom. The van der Waals surface area contributed by atoms with Crippen molar-refractivity contribution in [3.05, 3.63) is 27.9 Å². The fourth-order valence-corrected chi connectivity index (χ4v) is 1.48. The Morgan fingerprint density at radius 3 is 2.75 bits per heavy atom.